The Kier molecular flexibility index (Phi) is 5.88. The Morgan fingerprint density at radius 3 is 2.50 bits per heavy atom. The van der Waals surface area contributed by atoms with Crippen LogP contribution in [-0.4, -0.2) is 25.3 Å². The molecule has 4 heteroatoms. The fraction of sp³-hybridized carbons (Fsp3) is 0.300. The second kappa shape index (κ2) is 7.88. The number of carbonyl (C=O) groups is 2. The van der Waals surface area contributed by atoms with E-state index in [1.54, 1.807) is 24.3 Å². The summed E-state index contributed by atoms with van der Waals surface area (Å²) in [6, 6.07) is 13.4. The minimum atomic E-state index is -0.0574. The maximum atomic E-state index is 12.2. The van der Waals surface area contributed by atoms with Crippen LogP contribution in [0.1, 0.15) is 34.0 Å². The van der Waals surface area contributed by atoms with Crippen molar-refractivity contribution in [2.24, 2.45) is 0 Å². The van der Waals surface area contributed by atoms with Gasteiger partial charge in [0.15, 0.2) is 12.3 Å². The number of anilines is 1. The highest BCUT2D eigenvalue weighted by molar-refractivity contribution is 5.97. The van der Waals surface area contributed by atoms with Crippen LogP contribution in [0.3, 0.4) is 0 Å². The Morgan fingerprint density at radius 2 is 1.83 bits per heavy atom. The van der Waals surface area contributed by atoms with Gasteiger partial charge in [-0.05, 0) is 38.5 Å². The minimum Gasteiger partial charge on any atom is -0.326 e. The predicted octanol–water partition coefficient (Wildman–Crippen LogP) is 2.16. The number of nitrogens with one attached hydrogen (secondary N) is 2. The summed E-state index contributed by atoms with van der Waals surface area (Å²) < 4.78 is 0. The predicted molar refractivity (Wildman–Crippen MR) is 96.4 cm³/mol. The number of ketones is 1. The van der Waals surface area contributed by atoms with Gasteiger partial charge in [0.1, 0.15) is 6.54 Å². The molecule has 24 heavy (non-hydrogen) atoms. The molecular formula is C20H25N2O2+. The number of quaternary nitrogens is 1. The van der Waals surface area contributed by atoms with Crippen LogP contribution >= 0.6 is 0 Å². The quantitative estimate of drug-likeness (QED) is 0.800. The van der Waals surface area contributed by atoms with Crippen molar-refractivity contribution in [1.82, 2.24) is 0 Å². The molecule has 0 saturated heterocycles. The number of likely N-dealkylation sites (N-methyl/N-ethyl adjacent to an activating group) is 1. The zero-order chi connectivity index (χ0) is 17.7. The van der Waals surface area contributed by atoms with Crippen LogP contribution in [0.4, 0.5) is 5.69 Å². The summed E-state index contributed by atoms with van der Waals surface area (Å²) in [5, 5.41) is 2.87. The Morgan fingerprint density at radius 1 is 1.08 bits per heavy atom. The van der Waals surface area contributed by atoms with Crippen LogP contribution in [0.15, 0.2) is 42.5 Å². The third kappa shape index (κ3) is 5.03. The van der Waals surface area contributed by atoms with Gasteiger partial charge in [0, 0.05) is 16.8 Å². The second-order valence-corrected chi connectivity index (χ2v) is 6.43. The van der Waals surface area contributed by atoms with Gasteiger partial charge in [-0.3, -0.25) is 9.59 Å². The Hall–Kier alpha value is -2.46. The van der Waals surface area contributed by atoms with Crippen molar-refractivity contribution < 1.29 is 14.5 Å². The summed E-state index contributed by atoms with van der Waals surface area (Å²) in [6.45, 7) is 6.87. The molecular weight excluding hydrogens is 300 g/mol. The smallest absolute Gasteiger partial charge is 0.279 e. The molecule has 2 N–H and O–H groups in total. The average Bonchev–Trinajstić information content (AvgIpc) is 2.50. The van der Waals surface area contributed by atoms with E-state index >= 15 is 0 Å². The molecule has 0 aliphatic carbocycles. The number of carbonyl (C=O) groups excluding carboxylic acids is 2. The fourth-order valence-corrected chi connectivity index (χ4v) is 2.73. The molecule has 1 amide bonds. The Balaban J connectivity index is 1.94. The lowest BCUT2D eigenvalue weighted by molar-refractivity contribution is -0.885. The molecule has 1 unspecified atom stereocenters. The summed E-state index contributed by atoms with van der Waals surface area (Å²) in [5.74, 6) is -0.0679. The zero-order valence-corrected chi connectivity index (χ0v) is 14.8. The summed E-state index contributed by atoms with van der Waals surface area (Å²) in [7, 11) is 2.00. The zero-order valence-electron chi connectivity index (χ0n) is 14.8. The summed E-state index contributed by atoms with van der Waals surface area (Å²) in [5.41, 5.74) is 5.01. The van der Waals surface area contributed by atoms with E-state index in [1.807, 2.05) is 7.05 Å². The van der Waals surface area contributed by atoms with Crippen LogP contribution in [0.5, 0.6) is 0 Å². The summed E-state index contributed by atoms with van der Waals surface area (Å²) in [4.78, 5) is 24.7. The third-order valence-electron chi connectivity index (χ3n) is 4.01. The number of benzene rings is 2. The van der Waals surface area contributed by atoms with Crippen LogP contribution in [0, 0.1) is 13.8 Å². The number of amides is 1. The molecule has 0 saturated carbocycles. The molecule has 126 valence electrons. The Bertz CT molecular complexity index is 753. The van der Waals surface area contributed by atoms with E-state index in [-0.39, 0.29) is 11.7 Å². The largest absolute Gasteiger partial charge is 0.326 e. The first-order chi connectivity index (χ1) is 11.3. The molecule has 1 atom stereocenters. The van der Waals surface area contributed by atoms with Gasteiger partial charge in [-0.1, -0.05) is 35.9 Å². The van der Waals surface area contributed by atoms with Crippen LogP contribution in [0.25, 0.3) is 0 Å². The molecule has 0 aliphatic rings. The van der Waals surface area contributed by atoms with Crippen LogP contribution < -0.4 is 10.2 Å². The van der Waals surface area contributed by atoms with E-state index in [2.05, 4.69) is 37.4 Å². The topological polar surface area (TPSA) is 50.6 Å². The lowest BCUT2D eigenvalue weighted by Gasteiger charge is -2.15. The SMILES string of the molecule is CC(=O)c1cccc(NC(=O)C[NH+](C)Cc2ccc(C)cc2C)c1. The number of Topliss-reactive ketones (excluding diaryl/α,β-unsaturated/α-hetero) is 1. The minimum absolute atomic E-state index is 0.0105. The highest BCUT2D eigenvalue weighted by Gasteiger charge is 2.12. The van der Waals surface area contributed by atoms with Crippen molar-refractivity contribution in [3.8, 4) is 0 Å². The molecule has 0 bridgehead atoms. The van der Waals surface area contributed by atoms with Crippen molar-refractivity contribution in [3.63, 3.8) is 0 Å². The van der Waals surface area contributed by atoms with Crippen LogP contribution in [0.2, 0.25) is 0 Å². The fourth-order valence-electron chi connectivity index (χ4n) is 2.73. The van der Waals surface area contributed by atoms with Gasteiger partial charge in [0.25, 0.3) is 5.91 Å². The van der Waals surface area contributed by atoms with Crippen molar-refractivity contribution in [2.75, 3.05) is 18.9 Å². The maximum Gasteiger partial charge on any atom is 0.279 e. The summed E-state index contributed by atoms with van der Waals surface area (Å²) in [6.07, 6.45) is 0. The molecule has 2 aromatic carbocycles. The molecule has 0 spiro atoms. The lowest BCUT2D eigenvalue weighted by atomic mass is 10.1. The molecule has 0 aliphatic heterocycles. The Labute approximate surface area is 143 Å². The first-order valence-electron chi connectivity index (χ1n) is 8.13. The van der Waals surface area contributed by atoms with E-state index in [0.29, 0.717) is 17.8 Å². The lowest BCUT2D eigenvalue weighted by Crippen LogP contribution is -3.08. The first-order valence-corrected chi connectivity index (χ1v) is 8.13. The number of rotatable bonds is 6. The third-order valence-corrected chi connectivity index (χ3v) is 4.01. The highest BCUT2D eigenvalue weighted by Crippen LogP contribution is 2.11. The highest BCUT2D eigenvalue weighted by atomic mass is 16.2. The van der Waals surface area contributed by atoms with E-state index in [0.717, 1.165) is 11.4 Å². The van der Waals surface area contributed by atoms with Gasteiger partial charge < -0.3 is 10.2 Å². The molecule has 2 aromatic rings. The molecule has 0 aromatic heterocycles. The van der Waals surface area contributed by atoms with Gasteiger partial charge >= 0.3 is 0 Å². The molecule has 0 fully saturated rings. The van der Waals surface area contributed by atoms with E-state index < -0.39 is 0 Å². The number of hydrogen-bond donors (Lipinski definition) is 2. The van der Waals surface area contributed by atoms with Crippen molar-refractivity contribution in [3.05, 3.63) is 64.7 Å². The van der Waals surface area contributed by atoms with Gasteiger partial charge in [-0.15, -0.1) is 0 Å². The average molecular weight is 325 g/mol. The van der Waals surface area contributed by atoms with Crippen LogP contribution in [-0.2, 0) is 11.3 Å². The van der Waals surface area contributed by atoms with E-state index in [9.17, 15) is 9.59 Å². The molecule has 2 rings (SSSR count). The van der Waals surface area contributed by atoms with E-state index in [1.165, 1.54) is 23.6 Å². The molecule has 4 nitrogen and oxygen atoms in total. The summed E-state index contributed by atoms with van der Waals surface area (Å²) >= 11 is 0. The molecule has 0 radical (unpaired) electrons. The molecule has 0 heterocycles. The maximum absolute atomic E-state index is 12.2. The standard InChI is InChI=1S/C20H24N2O2/c1-14-8-9-18(15(2)10-14)12-22(4)13-20(24)21-19-7-5-6-17(11-19)16(3)23/h5-11H,12-13H2,1-4H3,(H,21,24)/p+1. The van der Waals surface area contributed by atoms with Crippen molar-refractivity contribution in [2.45, 2.75) is 27.3 Å². The number of aryl methyl sites for hydroxylation is 2. The van der Waals surface area contributed by atoms with Crippen molar-refractivity contribution >= 4 is 17.4 Å². The van der Waals surface area contributed by atoms with Gasteiger partial charge in [0.05, 0.1) is 7.05 Å². The van der Waals surface area contributed by atoms with Gasteiger partial charge in [-0.25, -0.2) is 0 Å². The second-order valence-electron chi connectivity index (χ2n) is 6.43. The normalized spacial score (nSPS) is 11.8. The van der Waals surface area contributed by atoms with Gasteiger partial charge in [-0.2, -0.15) is 0 Å². The number of hydrogen-bond acceptors (Lipinski definition) is 2. The van der Waals surface area contributed by atoms with Gasteiger partial charge in [0.2, 0.25) is 0 Å². The van der Waals surface area contributed by atoms with E-state index in [4.69, 9.17) is 0 Å². The first kappa shape index (κ1) is 17.9. The van der Waals surface area contributed by atoms with Crippen molar-refractivity contribution in [1.29, 1.82) is 0 Å². The monoisotopic (exact) mass is 325 g/mol.